The van der Waals surface area contributed by atoms with Crippen molar-refractivity contribution in [3.05, 3.63) is 72.8 Å². The molecule has 0 saturated heterocycles. The van der Waals surface area contributed by atoms with Gasteiger partial charge < -0.3 is 5.32 Å². The van der Waals surface area contributed by atoms with Gasteiger partial charge in [-0.2, -0.15) is 5.10 Å². The van der Waals surface area contributed by atoms with E-state index in [-0.39, 0.29) is 11.9 Å². The van der Waals surface area contributed by atoms with E-state index < -0.39 is 0 Å². The Balaban J connectivity index is 1.60. The van der Waals surface area contributed by atoms with Crippen molar-refractivity contribution in [3.8, 4) is 5.69 Å². The average molecular weight is 335 g/mol. The Labute approximate surface area is 147 Å². The maximum Gasteiger partial charge on any atom is 0.238 e. The summed E-state index contributed by atoms with van der Waals surface area (Å²) in [7, 11) is 1.95. The molecule has 0 radical (unpaired) electrons. The van der Waals surface area contributed by atoms with Crippen molar-refractivity contribution in [1.29, 1.82) is 0 Å². The van der Waals surface area contributed by atoms with E-state index in [1.807, 2.05) is 66.5 Å². The molecule has 6 nitrogen and oxygen atoms in total. The number of amides is 1. The maximum atomic E-state index is 12.2. The summed E-state index contributed by atoms with van der Waals surface area (Å²) in [6.45, 7) is 2.40. The number of rotatable bonds is 6. The molecule has 0 spiro atoms. The number of hydrogen-bond donors (Lipinski definition) is 1. The normalized spacial score (nSPS) is 12.1. The zero-order chi connectivity index (χ0) is 17.6. The van der Waals surface area contributed by atoms with Crippen molar-refractivity contribution < 1.29 is 4.79 Å². The zero-order valence-electron chi connectivity index (χ0n) is 14.3. The first-order chi connectivity index (χ1) is 12.1. The first kappa shape index (κ1) is 16.9. The highest BCUT2D eigenvalue weighted by molar-refractivity contribution is 5.92. The van der Waals surface area contributed by atoms with E-state index in [4.69, 9.17) is 0 Å². The van der Waals surface area contributed by atoms with Gasteiger partial charge >= 0.3 is 0 Å². The number of likely N-dealkylation sites (N-methyl/N-ethyl adjacent to an activating group) is 1. The molecule has 1 aromatic heterocycles. The van der Waals surface area contributed by atoms with Gasteiger partial charge in [0.15, 0.2) is 0 Å². The molecule has 25 heavy (non-hydrogen) atoms. The van der Waals surface area contributed by atoms with Crippen molar-refractivity contribution >= 4 is 11.6 Å². The molecule has 128 valence electrons. The molecule has 3 rings (SSSR count). The van der Waals surface area contributed by atoms with Crippen molar-refractivity contribution in [1.82, 2.24) is 19.7 Å². The van der Waals surface area contributed by atoms with Crippen LogP contribution in [0.2, 0.25) is 0 Å². The first-order valence-electron chi connectivity index (χ1n) is 8.13. The predicted octanol–water partition coefficient (Wildman–Crippen LogP) is 2.90. The Kier molecular flexibility index (Phi) is 5.20. The van der Waals surface area contributed by atoms with Gasteiger partial charge in [-0.05, 0) is 43.8 Å². The van der Waals surface area contributed by atoms with Crippen LogP contribution >= 0.6 is 0 Å². The largest absolute Gasteiger partial charge is 0.325 e. The lowest BCUT2D eigenvalue weighted by molar-refractivity contribution is -0.117. The summed E-state index contributed by atoms with van der Waals surface area (Å²) in [5.74, 6) is -0.0280. The molecule has 0 aliphatic heterocycles. The third-order valence-electron chi connectivity index (χ3n) is 4.17. The van der Waals surface area contributed by atoms with Gasteiger partial charge in [0.25, 0.3) is 0 Å². The minimum atomic E-state index is -0.0280. The Bertz CT molecular complexity index is 800. The number of nitrogens with zero attached hydrogens (tertiary/aromatic N) is 4. The lowest BCUT2D eigenvalue weighted by atomic mass is 10.1. The fourth-order valence-corrected chi connectivity index (χ4v) is 2.59. The molecule has 1 atom stereocenters. The number of carbonyl (C=O) groups excluding carboxylic acids is 1. The van der Waals surface area contributed by atoms with Gasteiger partial charge in [-0.15, -0.1) is 0 Å². The van der Waals surface area contributed by atoms with Crippen molar-refractivity contribution in [3.63, 3.8) is 0 Å². The molecule has 0 unspecified atom stereocenters. The van der Waals surface area contributed by atoms with Gasteiger partial charge in [-0.1, -0.05) is 30.3 Å². The monoisotopic (exact) mass is 335 g/mol. The molecule has 0 aliphatic rings. The van der Waals surface area contributed by atoms with Gasteiger partial charge in [-0.25, -0.2) is 9.67 Å². The second-order valence-corrected chi connectivity index (χ2v) is 5.94. The van der Waals surface area contributed by atoms with Crippen LogP contribution in [0.25, 0.3) is 5.69 Å². The van der Waals surface area contributed by atoms with Crippen molar-refractivity contribution in [2.24, 2.45) is 0 Å². The van der Waals surface area contributed by atoms with Crippen LogP contribution in [-0.2, 0) is 4.79 Å². The summed E-state index contributed by atoms with van der Waals surface area (Å²) >= 11 is 0. The van der Waals surface area contributed by atoms with E-state index in [2.05, 4.69) is 22.3 Å². The van der Waals surface area contributed by atoms with Crippen LogP contribution in [0.3, 0.4) is 0 Å². The fourth-order valence-electron chi connectivity index (χ4n) is 2.59. The molecular weight excluding hydrogens is 314 g/mol. The molecule has 0 aliphatic carbocycles. The minimum absolute atomic E-state index is 0.0280. The van der Waals surface area contributed by atoms with Gasteiger partial charge in [-0.3, -0.25) is 9.69 Å². The molecule has 0 fully saturated rings. The standard InChI is InChI=1S/C19H21N5O/c1-15(16-8-10-18(11-9-16)24-14-20-13-21-24)23(2)12-19(25)22-17-6-4-3-5-7-17/h3-11,13-15H,12H2,1-2H3,(H,22,25)/t15-/m1/s1. The van der Waals surface area contributed by atoms with Crippen LogP contribution in [0.15, 0.2) is 67.3 Å². The van der Waals surface area contributed by atoms with Gasteiger partial charge in [0.05, 0.1) is 12.2 Å². The van der Waals surface area contributed by atoms with E-state index in [9.17, 15) is 4.79 Å². The molecule has 1 heterocycles. The van der Waals surface area contributed by atoms with Crippen LogP contribution < -0.4 is 5.32 Å². The number of nitrogens with one attached hydrogen (secondary N) is 1. The van der Waals surface area contributed by atoms with Crippen LogP contribution in [0.4, 0.5) is 5.69 Å². The molecule has 2 aromatic carbocycles. The molecule has 1 N–H and O–H groups in total. The minimum Gasteiger partial charge on any atom is -0.325 e. The van der Waals surface area contributed by atoms with Gasteiger partial charge in [0.2, 0.25) is 5.91 Å². The SMILES string of the molecule is C[C@H](c1ccc(-n2cncn2)cc1)N(C)CC(=O)Nc1ccccc1. The number of hydrogen-bond acceptors (Lipinski definition) is 4. The summed E-state index contributed by atoms with van der Waals surface area (Å²) in [6, 6.07) is 17.7. The third kappa shape index (κ3) is 4.30. The smallest absolute Gasteiger partial charge is 0.238 e. The Morgan fingerprint density at radius 1 is 1.16 bits per heavy atom. The summed E-state index contributed by atoms with van der Waals surface area (Å²) in [5, 5.41) is 7.03. The number of anilines is 1. The number of aromatic nitrogens is 3. The molecule has 6 heteroatoms. The molecular formula is C19H21N5O. The quantitative estimate of drug-likeness (QED) is 0.752. The van der Waals surface area contributed by atoms with Gasteiger partial charge in [0.1, 0.15) is 12.7 Å². The van der Waals surface area contributed by atoms with E-state index in [1.165, 1.54) is 6.33 Å². The Hall–Kier alpha value is -2.99. The number of para-hydroxylation sites is 1. The molecule has 0 bridgehead atoms. The van der Waals surface area contributed by atoms with Crippen molar-refractivity contribution in [2.45, 2.75) is 13.0 Å². The summed E-state index contributed by atoms with van der Waals surface area (Å²) < 4.78 is 1.71. The highest BCUT2D eigenvalue weighted by Crippen LogP contribution is 2.20. The number of benzene rings is 2. The highest BCUT2D eigenvalue weighted by atomic mass is 16.2. The number of carbonyl (C=O) groups is 1. The van der Waals surface area contributed by atoms with Crippen LogP contribution in [0, 0.1) is 0 Å². The second-order valence-electron chi connectivity index (χ2n) is 5.94. The zero-order valence-corrected chi connectivity index (χ0v) is 14.3. The van der Waals surface area contributed by atoms with Crippen LogP contribution in [-0.4, -0.2) is 39.2 Å². The molecule has 1 amide bonds. The predicted molar refractivity (Wildman–Crippen MR) is 97.5 cm³/mol. The fraction of sp³-hybridized carbons (Fsp3) is 0.211. The highest BCUT2D eigenvalue weighted by Gasteiger charge is 2.15. The Morgan fingerprint density at radius 3 is 2.52 bits per heavy atom. The van der Waals surface area contributed by atoms with Crippen LogP contribution in [0.1, 0.15) is 18.5 Å². The van der Waals surface area contributed by atoms with Crippen molar-refractivity contribution in [2.75, 3.05) is 18.9 Å². The third-order valence-corrected chi connectivity index (χ3v) is 4.17. The second kappa shape index (κ2) is 7.72. The first-order valence-corrected chi connectivity index (χ1v) is 8.13. The summed E-state index contributed by atoms with van der Waals surface area (Å²) in [4.78, 5) is 18.2. The lowest BCUT2D eigenvalue weighted by Gasteiger charge is -2.24. The van der Waals surface area contributed by atoms with E-state index in [0.717, 1.165) is 16.9 Å². The topological polar surface area (TPSA) is 63.1 Å². The average Bonchev–Trinajstić information content (AvgIpc) is 3.16. The lowest BCUT2D eigenvalue weighted by Crippen LogP contribution is -2.32. The van der Waals surface area contributed by atoms with E-state index in [0.29, 0.717) is 6.54 Å². The maximum absolute atomic E-state index is 12.2. The van der Waals surface area contributed by atoms with E-state index >= 15 is 0 Å². The van der Waals surface area contributed by atoms with Crippen LogP contribution in [0.5, 0.6) is 0 Å². The summed E-state index contributed by atoms with van der Waals surface area (Å²) in [6.07, 6.45) is 3.17. The van der Waals surface area contributed by atoms with E-state index in [1.54, 1.807) is 11.0 Å². The Morgan fingerprint density at radius 2 is 1.88 bits per heavy atom. The van der Waals surface area contributed by atoms with Gasteiger partial charge in [0, 0.05) is 11.7 Å². The molecule has 3 aromatic rings. The molecule has 0 saturated carbocycles. The summed E-state index contributed by atoms with van der Waals surface area (Å²) in [5.41, 5.74) is 2.91.